The summed E-state index contributed by atoms with van der Waals surface area (Å²) in [4.78, 5) is 22.0. The topological polar surface area (TPSA) is 104 Å². The van der Waals surface area contributed by atoms with Crippen molar-refractivity contribution >= 4 is 17.3 Å². The fourth-order valence-electron chi connectivity index (χ4n) is 2.18. The smallest absolute Gasteiger partial charge is 0.417 e. The average Bonchev–Trinajstić information content (AvgIpc) is 3.06. The second-order valence-electron chi connectivity index (χ2n) is 5.31. The number of rotatable bonds is 4. The van der Waals surface area contributed by atoms with E-state index in [9.17, 15) is 28.1 Å². The molecule has 0 unspecified atom stereocenters. The van der Waals surface area contributed by atoms with Gasteiger partial charge in [0, 0.05) is 23.9 Å². The molecule has 27 heavy (non-hydrogen) atoms. The lowest BCUT2D eigenvalue weighted by Crippen LogP contribution is -2.23. The van der Waals surface area contributed by atoms with Crippen molar-refractivity contribution in [3.05, 3.63) is 73.5 Å². The van der Waals surface area contributed by atoms with E-state index in [1.54, 1.807) is 0 Å². The van der Waals surface area contributed by atoms with Crippen LogP contribution in [-0.4, -0.2) is 19.7 Å². The summed E-state index contributed by atoms with van der Waals surface area (Å²) in [6.45, 7) is -0.428. The van der Waals surface area contributed by atoms with Crippen molar-refractivity contribution in [1.29, 1.82) is 0 Å². The highest BCUT2D eigenvalue weighted by molar-refractivity contribution is 6.30. The van der Waals surface area contributed by atoms with Crippen LogP contribution >= 0.6 is 11.6 Å². The maximum atomic E-state index is 12.9. The van der Waals surface area contributed by atoms with Crippen LogP contribution in [0.4, 0.5) is 18.9 Å². The summed E-state index contributed by atoms with van der Waals surface area (Å²) in [6, 6.07) is 5.76. The molecule has 0 saturated heterocycles. The van der Waals surface area contributed by atoms with Gasteiger partial charge in [-0.15, -0.1) is 10.2 Å². The molecule has 0 spiro atoms. The number of non-ortho nitro benzene ring substituents is 1. The molecule has 0 aliphatic rings. The highest BCUT2D eigenvalue weighted by Gasteiger charge is 2.32. The Hall–Kier alpha value is -3.21. The second-order valence-corrected chi connectivity index (χ2v) is 5.72. The van der Waals surface area contributed by atoms with Crippen LogP contribution in [0.2, 0.25) is 5.02 Å². The van der Waals surface area contributed by atoms with Crippen LogP contribution in [0, 0.1) is 10.1 Å². The average molecular weight is 401 g/mol. The third-order valence-corrected chi connectivity index (χ3v) is 3.74. The molecule has 0 aliphatic carbocycles. The first-order valence-electron chi connectivity index (χ1n) is 7.19. The SMILES string of the molecule is O=c1c(Cl)cc(C(F)(F)F)cn1Cc1nnc(-c2ccc([N+](=O)[O-])cc2)o1. The molecule has 3 aromatic rings. The van der Waals surface area contributed by atoms with Gasteiger partial charge in [-0.1, -0.05) is 11.6 Å². The van der Waals surface area contributed by atoms with Crippen LogP contribution in [-0.2, 0) is 12.7 Å². The van der Waals surface area contributed by atoms with Gasteiger partial charge in [-0.05, 0) is 18.2 Å². The summed E-state index contributed by atoms with van der Waals surface area (Å²) < 4.78 is 44.6. The Balaban J connectivity index is 1.89. The summed E-state index contributed by atoms with van der Waals surface area (Å²) in [6.07, 6.45) is -4.08. The normalized spacial score (nSPS) is 11.6. The van der Waals surface area contributed by atoms with Crippen molar-refractivity contribution in [1.82, 2.24) is 14.8 Å². The molecule has 12 heteroatoms. The number of nitrogens with zero attached hydrogens (tertiary/aromatic N) is 4. The van der Waals surface area contributed by atoms with Crippen LogP contribution in [0.25, 0.3) is 11.5 Å². The Morgan fingerprint density at radius 1 is 1.22 bits per heavy atom. The molecule has 1 aromatic carbocycles. The maximum Gasteiger partial charge on any atom is 0.417 e. The van der Waals surface area contributed by atoms with Gasteiger partial charge in [0.2, 0.25) is 11.8 Å². The summed E-state index contributed by atoms with van der Waals surface area (Å²) >= 11 is 5.58. The van der Waals surface area contributed by atoms with Crippen LogP contribution < -0.4 is 5.56 Å². The van der Waals surface area contributed by atoms with E-state index in [0.29, 0.717) is 22.4 Å². The lowest BCUT2D eigenvalue weighted by atomic mass is 10.2. The Kier molecular flexibility index (Phi) is 4.70. The summed E-state index contributed by atoms with van der Waals surface area (Å²) in [5, 5.41) is 17.4. The number of benzene rings is 1. The third-order valence-electron chi connectivity index (χ3n) is 3.47. The van der Waals surface area contributed by atoms with E-state index < -0.39 is 33.8 Å². The van der Waals surface area contributed by atoms with Crippen molar-refractivity contribution in [3.8, 4) is 11.5 Å². The Morgan fingerprint density at radius 2 is 1.89 bits per heavy atom. The molecule has 0 amide bonds. The summed E-state index contributed by atoms with van der Waals surface area (Å²) in [7, 11) is 0. The van der Waals surface area contributed by atoms with E-state index >= 15 is 0 Å². The molecule has 8 nitrogen and oxygen atoms in total. The van der Waals surface area contributed by atoms with E-state index in [0.717, 1.165) is 0 Å². The molecule has 0 bridgehead atoms. The van der Waals surface area contributed by atoms with Gasteiger partial charge in [0.1, 0.15) is 11.6 Å². The second kappa shape index (κ2) is 6.83. The minimum Gasteiger partial charge on any atom is -0.419 e. The number of halogens is 4. The minimum absolute atomic E-state index is 0.00831. The van der Waals surface area contributed by atoms with Gasteiger partial charge in [0.05, 0.1) is 10.5 Å². The van der Waals surface area contributed by atoms with Crippen LogP contribution in [0.5, 0.6) is 0 Å². The monoisotopic (exact) mass is 400 g/mol. The van der Waals surface area contributed by atoms with E-state index in [-0.39, 0.29) is 17.5 Å². The molecule has 2 aromatic heterocycles. The number of hydrogen-bond donors (Lipinski definition) is 0. The number of nitro groups is 1. The van der Waals surface area contributed by atoms with Crippen molar-refractivity contribution < 1.29 is 22.5 Å². The highest BCUT2D eigenvalue weighted by Crippen LogP contribution is 2.30. The molecule has 0 atom stereocenters. The fourth-order valence-corrected chi connectivity index (χ4v) is 2.40. The maximum absolute atomic E-state index is 12.9. The number of pyridine rings is 1. The summed E-state index contributed by atoms with van der Waals surface area (Å²) in [5.74, 6) is -0.146. The molecular formula is C15H8ClF3N4O4. The van der Waals surface area contributed by atoms with Gasteiger partial charge in [0.15, 0.2) is 0 Å². The highest BCUT2D eigenvalue weighted by atomic mass is 35.5. The molecule has 2 heterocycles. The zero-order valence-electron chi connectivity index (χ0n) is 13.1. The lowest BCUT2D eigenvalue weighted by molar-refractivity contribution is -0.384. The van der Waals surface area contributed by atoms with Crippen molar-refractivity contribution in [2.45, 2.75) is 12.7 Å². The summed E-state index contributed by atoms with van der Waals surface area (Å²) in [5.41, 5.74) is -1.71. The molecule has 0 aliphatic heterocycles. The molecule has 0 fully saturated rings. The van der Waals surface area contributed by atoms with Crippen molar-refractivity contribution in [3.63, 3.8) is 0 Å². The van der Waals surface area contributed by atoms with E-state index in [2.05, 4.69) is 10.2 Å². The van der Waals surface area contributed by atoms with E-state index in [4.69, 9.17) is 16.0 Å². The van der Waals surface area contributed by atoms with Crippen molar-refractivity contribution in [2.24, 2.45) is 0 Å². The van der Waals surface area contributed by atoms with Crippen LogP contribution in [0.1, 0.15) is 11.5 Å². The minimum atomic E-state index is -4.68. The quantitative estimate of drug-likeness (QED) is 0.490. The molecule has 140 valence electrons. The molecule has 0 saturated carbocycles. The number of nitro benzene ring substituents is 1. The van der Waals surface area contributed by atoms with E-state index in [1.165, 1.54) is 24.3 Å². The number of alkyl halides is 3. The predicted molar refractivity (Wildman–Crippen MR) is 86.2 cm³/mol. The first-order chi connectivity index (χ1) is 12.6. The van der Waals surface area contributed by atoms with Gasteiger partial charge in [-0.3, -0.25) is 14.9 Å². The van der Waals surface area contributed by atoms with Gasteiger partial charge in [-0.2, -0.15) is 13.2 Å². The zero-order chi connectivity index (χ0) is 19.8. The standard InChI is InChI=1S/C15H8ClF3N4O4/c16-11-5-9(15(17,18)19)6-22(14(11)24)7-12-20-21-13(27-12)8-1-3-10(4-2-8)23(25)26/h1-6H,7H2. The predicted octanol–water partition coefficient (Wildman–Crippen LogP) is 3.53. The first-order valence-corrected chi connectivity index (χ1v) is 7.57. The zero-order valence-corrected chi connectivity index (χ0v) is 13.9. The third kappa shape index (κ3) is 3.97. The lowest BCUT2D eigenvalue weighted by Gasteiger charge is -2.10. The fraction of sp³-hybridized carbons (Fsp3) is 0.133. The molecule has 3 rings (SSSR count). The number of hydrogen-bond acceptors (Lipinski definition) is 6. The Labute approximate surface area is 153 Å². The van der Waals surface area contributed by atoms with Crippen LogP contribution in [0.3, 0.4) is 0 Å². The molecular weight excluding hydrogens is 393 g/mol. The van der Waals surface area contributed by atoms with Crippen molar-refractivity contribution in [2.75, 3.05) is 0 Å². The largest absolute Gasteiger partial charge is 0.419 e. The van der Waals surface area contributed by atoms with Gasteiger partial charge in [-0.25, -0.2) is 0 Å². The van der Waals surface area contributed by atoms with Gasteiger partial charge in [0.25, 0.3) is 11.2 Å². The molecule has 0 N–H and O–H groups in total. The Morgan fingerprint density at radius 3 is 2.48 bits per heavy atom. The van der Waals surface area contributed by atoms with Gasteiger partial charge >= 0.3 is 6.18 Å². The molecule has 0 radical (unpaired) electrons. The first kappa shape index (κ1) is 18.6. The van der Waals surface area contributed by atoms with E-state index in [1.807, 2.05) is 0 Å². The van der Waals surface area contributed by atoms with Crippen LogP contribution in [0.15, 0.2) is 45.7 Å². The Bertz CT molecular complexity index is 1060. The number of aromatic nitrogens is 3. The van der Waals surface area contributed by atoms with Gasteiger partial charge < -0.3 is 8.98 Å².